The van der Waals surface area contributed by atoms with Crippen molar-refractivity contribution in [2.45, 2.75) is 52.2 Å². The monoisotopic (exact) mass is 260 g/mol. The first kappa shape index (κ1) is 16.7. The average molecular weight is 260 g/mol. The lowest BCUT2D eigenvalue weighted by atomic mass is 9.99. The minimum absolute atomic E-state index is 0.0304. The van der Waals surface area contributed by atoms with Crippen molar-refractivity contribution in [2.24, 2.45) is 0 Å². The molecule has 0 rings (SSSR count). The number of hydrogen-bond acceptors (Lipinski definition) is 3. The van der Waals surface area contributed by atoms with Gasteiger partial charge in [-0.05, 0) is 34.1 Å². The number of aliphatic carboxylic acids is 1. The van der Waals surface area contributed by atoms with Gasteiger partial charge < -0.3 is 20.5 Å². The summed E-state index contributed by atoms with van der Waals surface area (Å²) in [6.45, 7) is 8.39. The summed E-state index contributed by atoms with van der Waals surface area (Å²) in [5.41, 5.74) is -0.544. The summed E-state index contributed by atoms with van der Waals surface area (Å²) in [5.74, 6) is -0.866. The third kappa shape index (κ3) is 8.81. The zero-order valence-corrected chi connectivity index (χ0v) is 11.6. The van der Waals surface area contributed by atoms with Crippen molar-refractivity contribution in [1.29, 1.82) is 0 Å². The first-order chi connectivity index (χ1) is 8.26. The number of nitrogens with one attached hydrogen (secondary N) is 2. The smallest absolute Gasteiger partial charge is 0.315 e. The van der Waals surface area contributed by atoms with Gasteiger partial charge in [0.05, 0.1) is 6.10 Å². The molecule has 2 amide bonds. The molecule has 0 aromatic carbocycles. The van der Waals surface area contributed by atoms with Crippen molar-refractivity contribution in [3.05, 3.63) is 0 Å². The van der Waals surface area contributed by atoms with Crippen molar-refractivity contribution in [1.82, 2.24) is 10.6 Å². The highest BCUT2D eigenvalue weighted by Gasteiger charge is 2.21. The molecule has 0 aliphatic rings. The Kier molecular flexibility index (Phi) is 7.35. The third-order valence-electron chi connectivity index (χ3n) is 2.42. The number of carbonyl (C=O) groups excluding carboxylic acids is 1. The van der Waals surface area contributed by atoms with Crippen LogP contribution in [0.2, 0.25) is 0 Å². The van der Waals surface area contributed by atoms with Crippen molar-refractivity contribution in [2.75, 3.05) is 13.2 Å². The van der Waals surface area contributed by atoms with E-state index in [9.17, 15) is 9.59 Å². The van der Waals surface area contributed by atoms with Crippen LogP contribution in [0, 0.1) is 0 Å². The molecule has 0 aliphatic heterocycles. The topological polar surface area (TPSA) is 87.7 Å². The molecule has 0 spiro atoms. The summed E-state index contributed by atoms with van der Waals surface area (Å²) in [7, 11) is 0. The summed E-state index contributed by atoms with van der Waals surface area (Å²) >= 11 is 0. The molecule has 0 aliphatic carbocycles. The Bertz CT molecular complexity index is 279. The highest BCUT2D eigenvalue weighted by molar-refractivity contribution is 5.74. The highest BCUT2D eigenvalue weighted by Crippen LogP contribution is 2.10. The van der Waals surface area contributed by atoms with Gasteiger partial charge in [-0.15, -0.1) is 0 Å². The van der Waals surface area contributed by atoms with Gasteiger partial charge >= 0.3 is 12.0 Å². The zero-order valence-electron chi connectivity index (χ0n) is 11.6. The van der Waals surface area contributed by atoms with Gasteiger partial charge in [-0.3, -0.25) is 4.79 Å². The lowest BCUT2D eigenvalue weighted by Gasteiger charge is -2.26. The van der Waals surface area contributed by atoms with Crippen LogP contribution < -0.4 is 10.6 Å². The number of ether oxygens (including phenoxy) is 1. The standard InChI is InChI=1S/C12H24N2O4/c1-5-18-9(2)8-13-11(17)14-12(3,4)7-6-10(15)16/h9H,5-8H2,1-4H3,(H,15,16)(H2,13,14,17). The van der Waals surface area contributed by atoms with E-state index in [1.807, 2.05) is 13.8 Å². The fraction of sp³-hybridized carbons (Fsp3) is 0.833. The molecule has 3 N–H and O–H groups in total. The Morgan fingerprint density at radius 3 is 2.50 bits per heavy atom. The van der Waals surface area contributed by atoms with E-state index in [0.29, 0.717) is 19.6 Å². The minimum atomic E-state index is -0.866. The highest BCUT2D eigenvalue weighted by atomic mass is 16.5. The third-order valence-corrected chi connectivity index (χ3v) is 2.42. The summed E-state index contributed by atoms with van der Waals surface area (Å²) in [5, 5.41) is 14.0. The van der Waals surface area contributed by atoms with Crippen LogP contribution in [0.15, 0.2) is 0 Å². The number of urea groups is 1. The van der Waals surface area contributed by atoms with E-state index in [2.05, 4.69) is 10.6 Å². The normalized spacial score (nSPS) is 12.9. The number of carboxylic acid groups (broad SMARTS) is 1. The Morgan fingerprint density at radius 1 is 1.39 bits per heavy atom. The summed E-state index contributed by atoms with van der Waals surface area (Å²) in [4.78, 5) is 22.1. The minimum Gasteiger partial charge on any atom is -0.481 e. The molecule has 0 heterocycles. The number of amides is 2. The summed E-state index contributed by atoms with van der Waals surface area (Å²) < 4.78 is 5.28. The molecular weight excluding hydrogens is 236 g/mol. The molecule has 0 saturated carbocycles. The largest absolute Gasteiger partial charge is 0.481 e. The quantitative estimate of drug-likeness (QED) is 0.615. The first-order valence-electron chi connectivity index (χ1n) is 6.16. The second kappa shape index (κ2) is 7.92. The molecule has 0 saturated heterocycles. The van der Waals surface area contributed by atoms with E-state index in [0.717, 1.165) is 0 Å². The van der Waals surface area contributed by atoms with Gasteiger partial charge in [-0.25, -0.2) is 4.79 Å². The van der Waals surface area contributed by atoms with Crippen LogP contribution in [0.3, 0.4) is 0 Å². The SMILES string of the molecule is CCOC(C)CNC(=O)NC(C)(C)CCC(=O)O. The number of carboxylic acids is 1. The van der Waals surface area contributed by atoms with E-state index in [4.69, 9.17) is 9.84 Å². The van der Waals surface area contributed by atoms with Crippen LogP contribution in [-0.4, -0.2) is 41.9 Å². The molecular formula is C12H24N2O4. The van der Waals surface area contributed by atoms with Crippen molar-refractivity contribution < 1.29 is 19.4 Å². The zero-order chi connectivity index (χ0) is 14.2. The van der Waals surface area contributed by atoms with Gasteiger partial charge in [0.15, 0.2) is 0 Å². The maximum Gasteiger partial charge on any atom is 0.315 e. The van der Waals surface area contributed by atoms with E-state index < -0.39 is 11.5 Å². The maximum absolute atomic E-state index is 11.6. The molecule has 6 nitrogen and oxygen atoms in total. The van der Waals surface area contributed by atoms with Gasteiger partial charge in [0.25, 0.3) is 0 Å². The van der Waals surface area contributed by atoms with Gasteiger partial charge in [0.2, 0.25) is 0 Å². The van der Waals surface area contributed by atoms with Crippen molar-refractivity contribution in [3.63, 3.8) is 0 Å². The molecule has 0 fully saturated rings. The maximum atomic E-state index is 11.6. The molecule has 1 unspecified atom stereocenters. The van der Waals surface area contributed by atoms with Crippen LogP contribution in [0.5, 0.6) is 0 Å². The number of hydrogen-bond donors (Lipinski definition) is 3. The Balaban J connectivity index is 3.94. The van der Waals surface area contributed by atoms with Gasteiger partial charge in [0, 0.05) is 25.1 Å². The van der Waals surface area contributed by atoms with Crippen molar-refractivity contribution in [3.8, 4) is 0 Å². The molecule has 6 heteroatoms. The fourth-order valence-corrected chi connectivity index (χ4v) is 1.41. The molecule has 0 aromatic rings. The second-order valence-electron chi connectivity index (χ2n) is 4.88. The first-order valence-corrected chi connectivity index (χ1v) is 6.16. The predicted octanol–water partition coefficient (Wildman–Crippen LogP) is 1.35. The van der Waals surface area contributed by atoms with Gasteiger partial charge in [0.1, 0.15) is 0 Å². The lowest BCUT2D eigenvalue weighted by molar-refractivity contribution is -0.137. The molecule has 18 heavy (non-hydrogen) atoms. The Morgan fingerprint density at radius 2 is 2.00 bits per heavy atom. The van der Waals surface area contributed by atoms with E-state index in [1.165, 1.54) is 0 Å². The molecule has 0 bridgehead atoms. The van der Waals surface area contributed by atoms with Crippen LogP contribution in [0.1, 0.15) is 40.5 Å². The van der Waals surface area contributed by atoms with Crippen molar-refractivity contribution >= 4 is 12.0 Å². The Hall–Kier alpha value is -1.30. The number of rotatable bonds is 8. The summed E-state index contributed by atoms with van der Waals surface area (Å²) in [6.07, 6.45) is 0.377. The average Bonchev–Trinajstić information content (AvgIpc) is 2.24. The van der Waals surface area contributed by atoms with Crippen LogP contribution in [0.4, 0.5) is 4.79 Å². The summed E-state index contributed by atoms with van der Waals surface area (Å²) in [6, 6.07) is -0.308. The predicted molar refractivity (Wildman–Crippen MR) is 68.6 cm³/mol. The lowest BCUT2D eigenvalue weighted by Crippen LogP contribution is -2.49. The fourth-order valence-electron chi connectivity index (χ4n) is 1.41. The van der Waals surface area contributed by atoms with E-state index in [1.54, 1.807) is 13.8 Å². The van der Waals surface area contributed by atoms with Crippen LogP contribution >= 0.6 is 0 Å². The second-order valence-corrected chi connectivity index (χ2v) is 4.88. The van der Waals surface area contributed by atoms with E-state index in [-0.39, 0.29) is 18.6 Å². The van der Waals surface area contributed by atoms with E-state index >= 15 is 0 Å². The molecule has 0 aromatic heterocycles. The van der Waals surface area contributed by atoms with Gasteiger partial charge in [-0.1, -0.05) is 0 Å². The van der Waals surface area contributed by atoms with Gasteiger partial charge in [-0.2, -0.15) is 0 Å². The molecule has 106 valence electrons. The molecule has 0 radical (unpaired) electrons. The number of carbonyl (C=O) groups is 2. The van der Waals surface area contributed by atoms with Crippen LogP contribution in [0.25, 0.3) is 0 Å². The Labute approximate surface area is 108 Å². The van der Waals surface area contributed by atoms with Crippen LogP contribution in [-0.2, 0) is 9.53 Å². The molecule has 1 atom stereocenters.